The van der Waals surface area contributed by atoms with E-state index in [0.717, 1.165) is 16.1 Å². The molecule has 0 fully saturated rings. The normalized spacial score (nSPS) is 10.7. The summed E-state index contributed by atoms with van der Waals surface area (Å²) in [7, 11) is 0. The van der Waals surface area contributed by atoms with Gasteiger partial charge in [0.1, 0.15) is 18.3 Å². The van der Waals surface area contributed by atoms with Crippen LogP contribution in [0.2, 0.25) is 0 Å². The highest BCUT2D eigenvalue weighted by atomic mass is 32.1. The summed E-state index contributed by atoms with van der Waals surface area (Å²) in [4.78, 5) is 20.5. The molecule has 0 atom stereocenters. The van der Waals surface area contributed by atoms with Gasteiger partial charge in [0, 0.05) is 18.3 Å². The van der Waals surface area contributed by atoms with Gasteiger partial charge in [0.2, 0.25) is 0 Å². The van der Waals surface area contributed by atoms with Crippen LogP contribution >= 0.6 is 11.3 Å². The van der Waals surface area contributed by atoms with Gasteiger partial charge in [-0.3, -0.25) is 4.79 Å². The predicted octanol–water partition coefficient (Wildman–Crippen LogP) is 1.21. The lowest BCUT2D eigenvalue weighted by Crippen LogP contribution is -2.24. The summed E-state index contributed by atoms with van der Waals surface area (Å²) in [5.41, 5.74) is 8.08. The van der Waals surface area contributed by atoms with Gasteiger partial charge in [-0.2, -0.15) is 5.10 Å². The van der Waals surface area contributed by atoms with Crippen LogP contribution in [-0.2, 0) is 19.5 Å². The van der Waals surface area contributed by atoms with Gasteiger partial charge in [-0.15, -0.1) is 11.3 Å². The first-order valence-corrected chi connectivity index (χ1v) is 8.46. The van der Waals surface area contributed by atoms with Crippen molar-refractivity contribution in [2.24, 2.45) is 5.73 Å². The smallest absolute Gasteiger partial charge is 0.271 e. The first kappa shape index (κ1) is 16.3. The van der Waals surface area contributed by atoms with Gasteiger partial charge in [-0.1, -0.05) is 24.3 Å². The highest BCUT2D eigenvalue weighted by molar-refractivity contribution is 7.09. The predicted molar refractivity (Wildman–Crippen MR) is 91.6 cm³/mol. The SMILES string of the molecule is NCCc1nc(C(=O)NCc2ccccc2Cn2cncn2)cs1. The Kier molecular flexibility index (Phi) is 5.29. The minimum absolute atomic E-state index is 0.176. The molecule has 8 heteroatoms. The third-order valence-electron chi connectivity index (χ3n) is 3.50. The number of nitrogens with two attached hydrogens (primary N) is 1. The Labute approximate surface area is 143 Å². The molecule has 2 aromatic heterocycles. The molecule has 0 radical (unpaired) electrons. The Morgan fingerprint density at radius 3 is 2.88 bits per heavy atom. The molecule has 1 amide bonds. The van der Waals surface area contributed by atoms with E-state index >= 15 is 0 Å². The van der Waals surface area contributed by atoms with Crippen molar-refractivity contribution in [3.05, 3.63) is 64.1 Å². The summed E-state index contributed by atoms with van der Waals surface area (Å²) in [6, 6.07) is 7.93. The van der Waals surface area contributed by atoms with Crippen molar-refractivity contribution < 1.29 is 4.79 Å². The summed E-state index contributed by atoms with van der Waals surface area (Å²) in [5, 5.41) is 9.68. The van der Waals surface area contributed by atoms with E-state index in [-0.39, 0.29) is 5.91 Å². The molecule has 0 aliphatic rings. The Hall–Kier alpha value is -2.58. The fourth-order valence-electron chi connectivity index (χ4n) is 2.29. The van der Waals surface area contributed by atoms with Gasteiger partial charge >= 0.3 is 0 Å². The van der Waals surface area contributed by atoms with Crippen molar-refractivity contribution in [1.82, 2.24) is 25.1 Å². The summed E-state index contributed by atoms with van der Waals surface area (Å²) in [5.74, 6) is -0.176. The molecule has 0 aliphatic heterocycles. The van der Waals surface area contributed by atoms with Crippen LogP contribution in [0.4, 0.5) is 0 Å². The zero-order valence-electron chi connectivity index (χ0n) is 13.1. The molecular formula is C16H18N6OS. The van der Waals surface area contributed by atoms with Crippen molar-refractivity contribution in [1.29, 1.82) is 0 Å². The fraction of sp³-hybridized carbons (Fsp3) is 0.250. The molecule has 2 heterocycles. The largest absolute Gasteiger partial charge is 0.347 e. The number of carbonyl (C=O) groups excluding carboxylic acids is 1. The maximum atomic E-state index is 12.2. The second-order valence-corrected chi connectivity index (χ2v) is 6.15. The third kappa shape index (κ3) is 4.03. The quantitative estimate of drug-likeness (QED) is 0.672. The number of aromatic nitrogens is 4. The maximum absolute atomic E-state index is 12.2. The lowest BCUT2D eigenvalue weighted by atomic mass is 10.1. The van der Waals surface area contributed by atoms with E-state index < -0.39 is 0 Å². The number of thiazole rings is 1. The lowest BCUT2D eigenvalue weighted by Gasteiger charge is -2.10. The molecular weight excluding hydrogens is 324 g/mol. The molecule has 124 valence electrons. The topological polar surface area (TPSA) is 98.7 Å². The van der Waals surface area contributed by atoms with Crippen LogP contribution in [0.5, 0.6) is 0 Å². The van der Waals surface area contributed by atoms with Gasteiger partial charge in [0.15, 0.2) is 0 Å². The van der Waals surface area contributed by atoms with Crippen molar-refractivity contribution in [3.8, 4) is 0 Å². The third-order valence-corrected chi connectivity index (χ3v) is 4.41. The molecule has 7 nitrogen and oxygen atoms in total. The number of carbonyl (C=O) groups is 1. The number of nitrogens with zero attached hydrogens (tertiary/aromatic N) is 4. The lowest BCUT2D eigenvalue weighted by molar-refractivity contribution is 0.0946. The number of amides is 1. The number of nitrogens with one attached hydrogen (secondary N) is 1. The van der Waals surface area contributed by atoms with Crippen LogP contribution in [0.15, 0.2) is 42.3 Å². The van der Waals surface area contributed by atoms with Crippen LogP contribution < -0.4 is 11.1 Å². The van der Waals surface area contributed by atoms with Crippen molar-refractivity contribution in [3.63, 3.8) is 0 Å². The van der Waals surface area contributed by atoms with Crippen molar-refractivity contribution in [2.45, 2.75) is 19.5 Å². The second-order valence-electron chi connectivity index (χ2n) is 5.21. The maximum Gasteiger partial charge on any atom is 0.271 e. The Morgan fingerprint density at radius 2 is 2.12 bits per heavy atom. The molecule has 0 unspecified atom stereocenters. The molecule has 3 N–H and O–H groups in total. The van der Waals surface area contributed by atoms with Crippen molar-refractivity contribution in [2.75, 3.05) is 6.54 Å². The molecule has 0 spiro atoms. The van der Waals surface area contributed by atoms with Crippen LogP contribution in [0.25, 0.3) is 0 Å². The number of hydrogen-bond donors (Lipinski definition) is 2. The zero-order valence-corrected chi connectivity index (χ0v) is 13.9. The summed E-state index contributed by atoms with van der Waals surface area (Å²) in [6.45, 7) is 1.58. The first-order valence-electron chi connectivity index (χ1n) is 7.58. The Balaban J connectivity index is 1.64. The summed E-state index contributed by atoms with van der Waals surface area (Å²) >= 11 is 1.46. The average molecular weight is 342 g/mol. The molecule has 3 aromatic rings. The summed E-state index contributed by atoms with van der Waals surface area (Å²) < 4.78 is 1.75. The zero-order chi connectivity index (χ0) is 16.8. The minimum Gasteiger partial charge on any atom is -0.347 e. The monoisotopic (exact) mass is 342 g/mol. The van der Waals surface area contributed by atoms with E-state index in [0.29, 0.717) is 31.7 Å². The molecule has 0 saturated carbocycles. The Morgan fingerprint density at radius 1 is 1.29 bits per heavy atom. The van der Waals surface area contributed by atoms with E-state index in [1.807, 2.05) is 24.3 Å². The van der Waals surface area contributed by atoms with Gasteiger partial charge in [0.05, 0.1) is 11.6 Å². The van der Waals surface area contributed by atoms with Gasteiger partial charge in [0.25, 0.3) is 5.91 Å². The van der Waals surface area contributed by atoms with Crippen LogP contribution in [0.3, 0.4) is 0 Å². The molecule has 0 bridgehead atoms. The van der Waals surface area contributed by atoms with E-state index in [1.54, 1.807) is 16.4 Å². The van der Waals surface area contributed by atoms with E-state index in [4.69, 9.17) is 5.73 Å². The van der Waals surface area contributed by atoms with Crippen LogP contribution in [0.1, 0.15) is 26.6 Å². The first-order chi connectivity index (χ1) is 11.8. The molecule has 0 aliphatic carbocycles. The molecule has 24 heavy (non-hydrogen) atoms. The Bertz CT molecular complexity index is 799. The van der Waals surface area contributed by atoms with E-state index in [1.165, 1.54) is 17.7 Å². The standard InChI is InChI=1S/C16H18N6OS/c17-6-5-15-21-14(9-24-15)16(23)19-7-12-3-1-2-4-13(12)8-22-11-18-10-20-22/h1-4,9-11H,5-8,17H2,(H,19,23). The summed E-state index contributed by atoms with van der Waals surface area (Å²) in [6.07, 6.45) is 3.87. The molecule has 3 rings (SSSR count). The highest BCUT2D eigenvalue weighted by Gasteiger charge is 2.11. The van der Waals surface area contributed by atoms with E-state index in [2.05, 4.69) is 20.4 Å². The van der Waals surface area contributed by atoms with Crippen molar-refractivity contribution >= 4 is 17.2 Å². The highest BCUT2D eigenvalue weighted by Crippen LogP contribution is 2.12. The van der Waals surface area contributed by atoms with Crippen LogP contribution in [-0.4, -0.2) is 32.2 Å². The number of benzene rings is 1. The van der Waals surface area contributed by atoms with Gasteiger partial charge < -0.3 is 11.1 Å². The van der Waals surface area contributed by atoms with E-state index in [9.17, 15) is 4.79 Å². The average Bonchev–Trinajstić information content (AvgIpc) is 3.26. The minimum atomic E-state index is -0.176. The fourth-order valence-corrected chi connectivity index (χ4v) is 3.09. The number of hydrogen-bond acceptors (Lipinski definition) is 6. The molecule has 1 aromatic carbocycles. The van der Waals surface area contributed by atoms with Gasteiger partial charge in [-0.25, -0.2) is 14.6 Å². The van der Waals surface area contributed by atoms with Crippen LogP contribution in [0, 0.1) is 0 Å². The van der Waals surface area contributed by atoms with Gasteiger partial charge in [-0.05, 0) is 17.7 Å². The molecule has 0 saturated heterocycles. The second kappa shape index (κ2) is 7.80. The number of rotatable bonds is 7.